The van der Waals surface area contributed by atoms with Gasteiger partial charge in [0.1, 0.15) is 6.10 Å². The van der Waals surface area contributed by atoms with Crippen LogP contribution in [0.15, 0.2) is 30.3 Å². The standard InChI is InChI=1S/C20H27NO5/c1-19(2,3)17(23)21-20(18(24)25-4)13-9-8-12-15(20)26-16(22)14-10-6-5-7-11-14/h5-7,10-11,15H,8-9,12-13H2,1-4H3,(H,21,23)/t15-,20+/m0/s1. The molecule has 2 rings (SSSR count). The van der Waals surface area contributed by atoms with Crippen LogP contribution in [-0.2, 0) is 19.1 Å². The highest BCUT2D eigenvalue weighted by molar-refractivity contribution is 5.93. The number of hydrogen-bond acceptors (Lipinski definition) is 5. The van der Waals surface area contributed by atoms with Crippen LogP contribution >= 0.6 is 0 Å². The minimum absolute atomic E-state index is 0.287. The Hall–Kier alpha value is -2.37. The first-order valence-electron chi connectivity index (χ1n) is 8.88. The van der Waals surface area contributed by atoms with Crippen LogP contribution in [0.1, 0.15) is 56.8 Å². The van der Waals surface area contributed by atoms with Crippen molar-refractivity contribution in [3.8, 4) is 0 Å². The Bertz CT molecular complexity index is 665. The summed E-state index contributed by atoms with van der Waals surface area (Å²) >= 11 is 0. The third-order valence-corrected chi connectivity index (χ3v) is 4.66. The minimum Gasteiger partial charge on any atom is -0.467 e. The van der Waals surface area contributed by atoms with Gasteiger partial charge in [-0.2, -0.15) is 0 Å². The van der Waals surface area contributed by atoms with Gasteiger partial charge in [0.2, 0.25) is 5.91 Å². The monoisotopic (exact) mass is 361 g/mol. The van der Waals surface area contributed by atoms with E-state index in [0.29, 0.717) is 18.4 Å². The summed E-state index contributed by atoms with van der Waals surface area (Å²) in [6.45, 7) is 5.30. The molecule has 0 bridgehead atoms. The molecule has 1 aromatic carbocycles. The molecular formula is C20H27NO5. The summed E-state index contributed by atoms with van der Waals surface area (Å²) < 4.78 is 10.7. The van der Waals surface area contributed by atoms with Crippen molar-refractivity contribution < 1.29 is 23.9 Å². The zero-order valence-corrected chi connectivity index (χ0v) is 15.8. The molecule has 2 atom stereocenters. The van der Waals surface area contributed by atoms with Crippen molar-refractivity contribution in [3.63, 3.8) is 0 Å². The Morgan fingerprint density at radius 3 is 2.35 bits per heavy atom. The average Bonchev–Trinajstić information content (AvgIpc) is 2.62. The molecule has 1 aromatic rings. The van der Waals surface area contributed by atoms with Crippen LogP contribution < -0.4 is 5.32 Å². The first-order valence-corrected chi connectivity index (χ1v) is 8.88. The highest BCUT2D eigenvalue weighted by atomic mass is 16.6. The number of carbonyl (C=O) groups is 3. The van der Waals surface area contributed by atoms with Gasteiger partial charge in [-0.25, -0.2) is 9.59 Å². The number of nitrogens with one attached hydrogen (secondary N) is 1. The number of ether oxygens (including phenoxy) is 2. The minimum atomic E-state index is -1.36. The summed E-state index contributed by atoms with van der Waals surface area (Å²) in [6.07, 6.45) is 1.62. The van der Waals surface area contributed by atoms with E-state index in [9.17, 15) is 14.4 Å². The molecule has 6 heteroatoms. The molecule has 1 saturated carbocycles. The van der Waals surface area contributed by atoms with Gasteiger partial charge in [0, 0.05) is 5.41 Å². The van der Waals surface area contributed by atoms with Crippen molar-refractivity contribution in [2.45, 2.75) is 58.1 Å². The summed E-state index contributed by atoms with van der Waals surface area (Å²) in [6, 6.07) is 8.59. The molecule has 1 N–H and O–H groups in total. The number of hydrogen-bond donors (Lipinski definition) is 1. The lowest BCUT2D eigenvalue weighted by Crippen LogP contribution is -2.66. The molecule has 0 aromatic heterocycles. The van der Waals surface area contributed by atoms with Gasteiger partial charge >= 0.3 is 11.9 Å². The SMILES string of the molecule is COC(=O)[C@@]1(NC(=O)C(C)(C)C)CCCC[C@@H]1OC(=O)c1ccccc1. The molecule has 26 heavy (non-hydrogen) atoms. The summed E-state index contributed by atoms with van der Waals surface area (Å²) in [4.78, 5) is 37.8. The molecule has 1 aliphatic rings. The van der Waals surface area contributed by atoms with E-state index in [0.717, 1.165) is 12.8 Å². The molecule has 0 unspecified atom stereocenters. The molecule has 0 heterocycles. The van der Waals surface area contributed by atoms with Crippen LogP contribution in [-0.4, -0.2) is 36.6 Å². The summed E-state index contributed by atoms with van der Waals surface area (Å²) in [7, 11) is 1.28. The largest absolute Gasteiger partial charge is 0.467 e. The lowest BCUT2D eigenvalue weighted by molar-refractivity contribution is -0.161. The lowest BCUT2D eigenvalue weighted by Gasteiger charge is -2.42. The summed E-state index contributed by atoms with van der Waals surface area (Å²) in [5.41, 5.74) is -1.65. The Morgan fingerprint density at radius 2 is 1.77 bits per heavy atom. The zero-order chi connectivity index (χ0) is 19.4. The van der Waals surface area contributed by atoms with Gasteiger partial charge < -0.3 is 14.8 Å². The second kappa shape index (κ2) is 7.89. The fourth-order valence-corrected chi connectivity index (χ4v) is 3.07. The number of carbonyl (C=O) groups excluding carboxylic acids is 3. The molecule has 0 aliphatic heterocycles. The van der Waals surface area contributed by atoms with Crippen LogP contribution in [0.5, 0.6) is 0 Å². The van der Waals surface area contributed by atoms with Gasteiger partial charge in [0.25, 0.3) is 0 Å². The van der Waals surface area contributed by atoms with Crippen molar-refractivity contribution in [1.29, 1.82) is 0 Å². The van der Waals surface area contributed by atoms with Crippen molar-refractivity contribution in [2.24, 2.45) is 5.41 Å². The Morgan fingerprint density at radius 1 is 1.12 bits per heavy atom. The fraction of sp³-hybridized carbons (Fsp3) is 0.550. The van der Waals surface area contributed by atoms with Crippen LogP contribution in [0.2, 0.25) is 0 Å². The number of rotatable bonds is 4. The van der Waals surface area contributed by atoms with Crippen molar-refractivity contribution >= 4 is 17.8 Å². The van der Waals surface area contributed by atoms with Gasteiger partial charge in [-0.05, 0) is 31.4 Å². The highest BCUT2D eigenvalue weighted by Crippen LogP contribution is 2.34. The highest BCUT2D eigenvalue weighted by Gasteiger charge is 2.52. The zero-order valence-electron chi connectivity index (χ0n) is 15.8. The van der Waals surface area contributed by atoms with Gasteiger partial charge in [-0.3, -0.25) is 4.79 Å². The molecule has 1 amide bonds. The van der Waals surface area contributed by atoms with Gasteiger partial charge in [-0.1, -0.05) is 45.4 Å². The Kier molecular flexibility index (Phi) is 6.05. The second-order valence-corrected chi connectivity index (χ2v) is 7.67. The summed E-state index contributed by atoms with van der Waals surface area (Å²) in [5.74, 6) is -1.39. The third kappa shape index (κ3) is 4.23. The fourth-order valence-electron chi connectivity index (χ4n) is 3.07. The molecular weight excluding hydrogens is 334 g/mol. The maximum atomic E-state index is 12.7. The number of esters is 2. The third-order valence-electron chi connectivity index (χ3n) is 4.66. The smallest absolute Gasteiger partial charge is 0.338 e. The van der Waals surface area contributed by atoms with Crippen molar-refractivity contribution in [2.75, 3.05) is 7.11 Å². The van der Waals surface area contributed by atoms with E-state index in [2.05, 4.69) is 5.32 Å². The lowest BCUT2D eigenvalue weighted by atomic mass is 9.77. The van der Waals surface area contributed by atoms with Crippen molar-refractivity contribution in [3.05, 3.63) is 35.9 Å². The molecule has 142 valence electrons. The van der Waals surface area contributed by atoms with E-state index in [1.165, 1.54) is 7.11 Å². The maximum Gasteiger partial charge on any atom is 0.338 e. The first-order chi connectivity index (χ1) is 12.2. The molecule has 0 radical (unpaired) electrons. The quantitative estimate of drug-likeness (QED) is 0.834. The first kappa shape index (κ1) is 19.9. The normalized spacial score (nSPS) is 23.0. The van der Waals surface area contributed by atoms with Crippen LogP contribution in [0.3, 0.4) is 0 Å². The van der Waals surface area contributed by atoms with Crippen molar-refractivity contribution in [1.82, 2.24) is 5.32 Å². The van der Waals surface area contributed by atoms with Gasteiger partial charge in [-0.15, -0.1) is 0 Å². The maximum absolute atomic E-state index is 12.7. The van der Waals surface area contributed by atoms with E-state index >= 15 is 0 Å². The predicted octanol–water partition coefficient (Wildman–Crippen LogP) is 2.86. The summed E-state index contributed by atoms with van der Waals surface area (Å²) in [5, 5.41) is 2.84. The van der Waals surface area contributed by atoms with Crippen LogP contribution in [0.4, 0.5) is 0 Å². The number of benzene rings is 1. The molecule has 0 saturated heterocycles. The van der Waals surface area contributed by atoms with Gasteiger partial charge in [0.05, 0.1) is 12.7 Å². The number of methoxy groups -OCH3 is 1. The topological polar surface area (TPSA) is 81.7 Å². The average molecular weight is 361 g/mol. The van der Waals surface area contributed by atoms with E-state index in [1.807, 2.05) is 0 Å². The molecule has 1 fully saturated rings. The van der Waals surface area contributed by atoms with E-state index in [-0.39, 0.29) is 5.91 Å². The van der Waals surface area contributed by atoms with Crippen LogP contribution in [0.25, 0.3) is 0 Å². The predicted molar refractivity (Wildman–Crippen MR) is 96.5 cm³/mol. The van der Waals surface area contributed by atoms with E-state index in [4.69, 9.17) is 9.47 Å². The Labute approximate surface area is 154 Å². The molecule has 6 nitrogen and oxygen atoms in total. The van der Waals surface area contributed by atoms with Crippen LogP contribution in [0, 0.1) is 5.41 Å². The molecule has 1 aliphatic carbocycles. The van der Waals surface area contributed by atoms with E-state index in [1.54, 1.807) is 51.1 Å². The van der Waals surface area contributed by atoms with Gasteiger partial charge in [0.15, 0.2) is 5.54 Å². The number of amides is 1. The Balaban J connectivity index is 2.31. The second-order valence-electron chi connectivity index (χ2n) is 7.67. The van der Waals surface area contributed by atoms with E-state index < -0.39 is 29.0 Å². The molecule has 0 spiro atoms.